The maximum atomic E-state index is 12.4. The quantitative estimate of drug-likeness (QED) is 0.773. The molecule has 0 bridgehead atoms. The van der Waals surface area contributed by atoms with Crippen LogP contribution in [0.15, 0.2) is 42.5 Å². The van der Waals surface area contributed by atoms with Gasteiger partial charge in [-0.25, -0.2) is 0 Å². The van der Waals surface area contributed by atoms with E-state index in [1.54, 1.807) is 18.2 Å². The van der Waals surface area contributed by atoms with Gasteiger partial charge in [0.25, 0.3) is 0 Å². The zero-order chi connectivity index (χ0) is 14.8. The van der Waals surface area contributed by atoms with Gasteiger partial charge >= 0.3 is 6.18 Å². The van der Waals surface area contributed by atoms with Crippen molar-refractivity contribution in [3.8, 4) is 0 Å². The molecule has 0 aliphatic heterocycles. The van der Waals surface area contributed by atoms with Gasteiger partial charge in [-0.05, 0) is 36.4 Å². The highest BCUT2D eigenvalue weighted by atomic mass is 35.5. The highest BCUT2D eigenvalue weighted by Crippen LogP contribution is 2.30. The van der Waals surface area contributed by atoms with E-state index in [0.29, 0.717) is 27.8 Å². The second-order valence-corrected chi connectivity index (χ2v) is 4.94. The smallest absolute Gasteiger partial charge is 0.381 e. The molecular weight excluding hydrogens is 310 g/mol. The van der Waals surface area contributed by atoms with Crippen molar-refractivity contribution in [3.63, 3.8) is 0 Å². The van der Waals surface area contributed by atoms with Gasteiger partial charge in [0, 0.05) is 27.8 Å². The predicted octanol–water partition coefficient (Wildman–Crippen LogP) is 5.62. The molecule has 0 heterocycles. The third kappa shape index (κ3) is 3.58. The topological polar surface area (TPSA) is 12.0 Å². The van der Waals surface area contributed by atoms with Crippen molar-refractivity contribution in [2.24, 2.45) is 0 Å². The van der Waals surface area contributed by atoms with E-state index in [-0.39, 0.29) is 0 Å². The van der Waals surface area contributed by atoms with Gasteiger partial charge < -0.3 is 5.32 Å². The highest BCUT2D eigenvalue weighted by Gasteiger charge is 2.29. The Labute approximate surface area is 124 Å². The fourth-order valence-electron chi connectivity index (χ4n) is 1.67. The molecule has 1 nitrogen and oxygen atoms in total. The molecule has 2 aromatic carbocycles. The molecule has 1 N–H and O–H groups in total. The van der Waals surface area contributed by atoms with Crippen molar-refractivity contribution in [1.82, 2.24) is 0 Å². The Bertz CT molecular complexity index is 574. The molecule has 0 aliphatic rings. The van der Waals surface area contributed by atoms with Crippen molar-refractivity contribution in [1.29, 1.82) is 0 Å². The van der Waals surface area contributed by atoms with Gasteiger partial charge in [-0.1, -0.05) is 29.3 Å². The Balaban J connectivity index is 2.08. The maximum absolute atomic E-state index is 12.4. The number of hydrogen-bond donors (Lipinski definition) is 1. The number of alkyl halides is 3. The molecule has 0 aromatic heterocycles. The summed E-state index contributed by atoms with van der Waals surface area (Å²) in [6, 6.07) is 9.93. The lowest BCUT2D eigenvalue weighted by atomic mass is 10.2. The molecule has 2 aromatic rings. The summed E-state index contributed by atoms with van der Waals surface area (Å²) in [6.07, 6.45) is -4.33. The maximum Gasteiger partial charge on any atom is 0.416 e. The molecule has 0 radical (unpaired) electrons. The van der Waals surface area contributed by atoms with Crippen LogP contribution in [0.5, 0.6) is 0 Å². The van der Waals surface area contributed by atoms with Crippen molar-refractivity contribution in [2.45, 2.75) is 12.7 Å². The minimum absolute atomic E-state index is 0.337. The second kappa shape index (κ2) is 5.94. The van der Waals surface area contributed by atoms with Crippen LogP contribution in [0.4, 0.5) is 18.9 Å². The number of anilines is 1. The number of hydrogen-bond acceptors (Lipinski definition) is 1. The molecule has 0 amide bonds. The van der Waals surface area contributed by atoms with Gasteiger partial charge in [0.15, 0.2) is 0 Å². The van der Waals surface area contributed by atoms with Crippen LogP contribution in [0.3, 0.4) is 0 Å². The lowest BCUT2D eigenvalue weighted by Gasteiger charge is -2.11. The van der Waals surface area contributed by atoms with E-state index in [1.807, 2.05) is 0 Å². The van der Waals surface area contributed by atoms with Crippen LogP contribution in [0.25, 0.3) is 0 Å². The Morgan fingerprint density at radius 2 is 1.45 bits per heavy atom. The van der Waals surface area contributed by atoms with E-state index in [9.17, 15) is 13.2 Å². The molecule has 0 unspecified atom stereocenters. The summed E-state index contributed by atoms with van der Waals surface area (Å²) in [7, 11) is 0. The van der Waals surface area contributed by atoms with Gasteiger partial charge in [0.2, 0.25) is 0 Å². The fraction of sp³-hybridized carbons (Fsp3) is 0.143. The lowest BCUT2D eigenvalue weighted by molar-refractivity contribution is -0.137. The Morgan fingerprint density at radius 3 is 1.95 bits per heavy atom. The predicted molar refractivity (Wildman–Crippen MR) is 75.2 cm³/mol. The Kier molecular flexibility index (Phi) is 4.45. The first-order valence-corrected chi connectivity index (χ1v) is 6.47. The van der Waals surface area contributed by atoms with E-state index < -0.39 is 11.7 Å². The van der Waals surface area contributed by atoms with Crippen LogP contribution in [0.1, 0.15) is 11.1 Å². The van der Waals surface area contributed by atoms with Gasteiger partial charge in [0.05, 0.1) is 5.56 Å². The SMILES string of the molecule is FC(F)(F)c1ccc(NCc2c(Cl)cccc2Cl)cc1. The summed E-state index contributed by atoms with van der Waals surface area (Å²) >= 11 is 12.0. The van der Waals surface area contributed by atoms with Crippen molar-refractivity contribution in [2.75, 3.05) is 5.32 Å². The molecule has 0 spiro atoms. The molecule has 0 saturated carbocycles. The largest absolute Gasteiger partial charge is 0.416 e. The fourth-order valence-corrected chi connectivity index (χ4v) is 2.20. The lowest BCUT2D eigenvalue weighted by Crippen LogP contribution is -2.05. The van der Waals surface area contributed by atoms with Gasteiger partial charge in [-0.3, -0.25) is 0 Å². The van der Waals surface area contributed by atoms with Gasteiger partial charge in [-0.15, -0.1) is 0 Å². The first-order chi connectivity index (χ1) is 9.38. The number of nitrogens with one attached hydrogen (secondary N) is 1. The van der Waals surface area contributed by atoms with Crippen LogP contribution < -0.4 is 5.32 Å². The summed E-state index contributed by atoms with van der Waals surface area (Å²) in [5, 5.41) is 4.01. The molecular formula is C14H10Cl2F3N. The first-order valence-electron chi connectivity index (χ1n) is 5.72. The van der Waals surface area contributed by atoms with Crippen molar-refractivity contribution < 1.29 is 13.2 Å². The van der Waals surface area contributed by atoms with E-state index in [0.717, 1.165) is 12.1 Å². The first kappa shape index (κ1) is 15.0. The van der Waals surface area contributed by atoms with Crippen molar-refractivity contribution >= 4 is 28.9 Å². The number of rotatable bonds is 3. The standard InChI is InChI=1S/C14H10Cl2F3N/c15-12-2-1-3-13(16)11(12)8-20-10-6-4-9(5-7-10)14(17,18)19/h1-7,20H,8H2. The Morgan fingerprint density at radius 1 is 0.900 bits per heavy atom. The highest BCUT2D eigenvalue weighted by molar-refractivity contribution is 6.36. The summed E-state index contributed by atoms with van der Waals surface area (Å²) in [6.45, 7) is 0.337. The van der Waals surface area contributed by atoms with Crippen LogP contribution in [-0.4, -0.2) is 0 Å². The van der Waals surface area contributed by atoms with E-state index in [4.69, 9.17) is 23.2 Å². The minimum Gasteiger partial charge on any atom is -0.381 e. The van der Waals surface area contributed by atoms with E-state index in [2.05, 4.69) is 5.32 Å². The summed E-state index contributed by atoms with van der Waals surface area (Å²) in [4.78, 5) is 0. The third-order valence-electron chi connectivity index (χ3n) is 2.74. The van der Waals surface area contributed by atoms with Crippen LogP contribution in [0, 0.1) is 0 Å². The third-order valence-corrected chi connectivity index (χ3v) is 3.45. The van der Waals surface area contributed by atoms with Crippen LogP contribution in [0.2, 0.25) is 10.0 Å². The summed E-state index contributed by atoms with van der Waals surface area (Å²) in [5.41, 5.74) is 0.587. The average Bonchev–Trinajstić information content (AvgIpc) is 2.37. The molecule has 106 valence electrons. The van der Waals surface area contributed by atoms with Crippen molar-refractivity contribution in [3.05, 3.63) is 63.6 Å². The number of benzene rings is 2. The normalized spacial score (nSPS) is 11.4. The van der Waals surface area contributed by atoms with Gasteiger partial charge in [0.1, 0.15) is 0 Å². The molecule has 0 aliphatic carbocycles. The molecule has 6 heteroatoms. The zero-order valence-corrected chi connectivity index (χ0v) is 11.7. The minimum atomic E-state index is -4.33. The Hall–Kier alpha value is -1.39. The van der Waals surface area contributed by atoms with Gasteiger partial charge in [-0.2, -0.15) is 13.2 Å². The number of halogens is 5. The monoisotopic (exact) mass is 319 g/mol. The zero-order valence-electron chi connectivity index (χ0n) is 10.1. The summed E-state index contributed by atoms with van der Waals surface area (Å²) in [5.74, 6) is 0. The molecule has 0 saturated heterocycles. The second-order valence-electron chi connectivity index (χ2n) is 4.13. The molecule has 0 fully saturated rings. The molecule has 0 atom stereocenters. The molecule has 20 heavy (non-hydrogen) atoms. The van der Waals surface area contributed by atoms with E-state index >= 15 is 0 Å². The van der Waals surface area contributed by atoms with Crippen LogP contribution >= 0.6 is 23.2 Å². The van der Waals surface area contributed by atoms with E-state index in [1.165, 1.54) is 12.1 Å². The molecule has 2 rings (SSSR count). The van der Waals surface area contributed by atoms with Crippen LogP contribution in [-0.2, 0) is 12.7 Å². The average molecular weight is 320 g/mol. The summed E-state index contributed by atoms with van der Waals surface area (Å²) < 4.78 is 37.3.